The predicted molar refractivity (Wildman–Crippen MR) is 104 cm³/mol. The van der Waals surface area contributed by atoms with Crippen LogP contribution in [-0.2, 0) is 0 Å². The predicted octanol–water partition coefficient (Wildman–Crippen LogP) is 5.67. The molecule has 0 spiro atoms. The van der Waals surface area contributed by atoms with E-state index >= 15 is 0 Å². The lowest BCUT2D eigenvalue weighted by Gasteiger charge is -2.32. The number of rotatable bonds is 4. The lowest BCUT2D eigenvalue weighted by Crippen LogP contribution is -2.30. The fourth-order valence-electron chi connectivity index (χ4n) is 3.60. The summed E-state index contributed by atoms with van der Waals surface area (Å²) in [5.74, 6) is 0.280. The summed E-state index contributed by atoms with van der Waals surface area (Å²) < 4.78 is 57.3. The van der Waals surface area contributed by atoms with Crippen molar-refractivity contribution in [2.75, 3.05) is 4.90 Å². The normalized spacial score (nSPS) is 19.3. The van der Waals surface area contributed by atoms with Crippen molar-refractivity contribution < 1.29 is 22.3 Å². The van der Waals surface area contributed by atoms with Gasteiger partial charge < -0.3 is 9.64 Å². The smallest absolute Gasteiger partial charge is 0.406 e. The molecule has 0 N–H and O–H groups in total. The molecule has 1 aliphatic carbocycles. The van der Waals surface area contributed by atoms with Crippen LogP contribution in [0.5, 0.6) is 5.75 Å². The Labute approximate surface area is 168 Å². The van der Waals surface area contributed by atoms with Crippen molar-refractivity contribution in [3.8, 4) is 5.75 Å². The molecule has 154 valence electrons. The number of alkyl halides is 3. The molecule has 1 saturated carbocycles. The third-order valence-electron chi connectivity index (χ3n) is 5.01. The molecule has 5 rings (SSSR count). The van der Waals surface area contributed by atoms with Crippen molar-refractivity contribution in [3.63, 3.8) is 0 Å². The molecule has 1 fully saturated rings. The molecule has 1 aromatic heterocycles. The van der Waals surface area contributed by atoms with Crippen LogP contribution < -0.4 is 9.64 Å². The minimum absolute atomic E-state index is 0.313. The van der Waals surface area contributed by atoms with Crippen molar-refractivity contribution in [1.82, 2.24) is 9.55 Å². The second-order valence-electron chi connectivity index (χ2n) is 7.19. The van der Waals surface area contributed by atoms with Gasteiger partial charge in [-0.1, -0.05) is 12.1 Å². The van der Waals surface area contributed by atoms with Gasteiger partial charge in [-0.3, -0.25) is 4.57 Å². The highest BCUT2D eigenvalue weighted by Gasteiger charge is 2.34. The molecule has 2 heterocycles. The number of hydrogen-bond donors (Lipinski definition) is 0. The van der Waals surface area contributed by atoms with E-state index in [2.05, 4.69) is 9.73 Å². The first-order chi connectivity index (χ1) is 14.4. The molecule has 2 aromatic carbocycles. The SMILES string of the molecule is FC1=CN(c2ccc(OC(F)(F)F)cc2)C(n2c(C3CC3)nc3ccccc32)N=C1. The van der Waals surface area contributed by atoms with E-state index in [9.17, 15) is 17.6 Å². The van der Waals surface area contributed by atoms with Crippen LogP contribution in [0.15, 0.2) is 65.6 Å². The van der Waals surface area contributed by atoms with Gasteiger partial charge in [0.25, 0.3) is 0 Å². The van der Waals surface area contributed by atoms with Gasteiger partial charge in [-0.05, 0) is 49.2 Å². The van der Waals surface area contributed by atoms with Crippen LogP contribution in [0.4, 0.5) is 23.2 Å². The highest BCUT2D eigenvalue weighted by Crippen LogP contribution is 2.43. The molecule has 1 unspecified atom stereocenters. The Morgan fingerprint density at radius 2 is 1.73 bits per heavy atom. The van der Waals surface area contributed by atoms with E-state index in [1.54, 1.807) is 4.90 Å². The van der Waals surface area contributed by atoms with Crippen LogP contribution in [0, 0.1) is 0 Å². The number of hydrogen-bond acceptors (Lipinski definition) is 4. The van der Waals surface area contributed by atoms with Gasteiger partial charge in [0.05, 0.1) is 17.2 Å². The monoisotopic (exact) mass is 416 g/mol. The Kier molecular flexibility index (Phi) is 4.27. The zero-order valence-corrected chi connectivity index (χ0v) is 15.6. The highest BCUT2D eigenvalue weighted by atomic mass is 19.4. The maximum atomic E-state index is 14.1. The largest absolute Gasteiger partial charge is 0.573 e. The molecule has 3 aromatic rings. The number of allylic oxidation sites excluding steroid dienone is 1. The number of benzene rings is 2. The number of aromatic nitrogens is 2. The molecule has 5 nitrogen and oxygen atoms in total. The highest BCUT2D eigenvalue weighted by molar-refractivity contribution is 5.80. The number of anilines is 1. The molecule has 9 heteroatoms. The summed E-state index contributed by atoms with van der Waals surface area (Å²) in [4.78, 5) is 10.7. The standard InChI is InChI=1S/C21H16F4N4O/c22-14-11-26-20(28(12-14)15-7-9-16(10-8-15)30-21(23,24)25)29-18-4-2-1-3-17(18)27-19(29)13-5-6-13/h1-4,7-13,20H,5-6H2. The minimum Gasteiger partial charge on any atom is -0.406 e. The summed E-state index contributed by atoms with van der Waals surface area (Å²) in [6.07, 6.45) is -0.959. The van der Waals surface area contributed by atoms with E-state index < -0.39 is 18.5 Å². The molecule has 0 saturated heterocycles. The second kappa shape index (κ2) is 6.86. The number of nitrogens with zero attached hydrogens (tertiary/aromatic N) is 4. The summed E-state index contributed by atoms with van der Waals surface area (Å²) in [7, 11) is 0. The summed E-state index contributed by atoms with van der Waals surface area (Å²) in [5, 5.41) is 0. The molecule has 0 bridgehead atoms. The van der Waals surface area contributed by atoms with Crippen molar-refractivity contribution >= 4 is 22.9 Å². The van der Waals surface area contributed by atoms with Gasteiger partial charge in [-0.2, -0.15) is 0 Å². The maximum absolute atomic E-state index is 14.1. The van der Waals surface area contributed by atoms with Gasteiger partial charge in [-0.25, -0.2) is 14.4 Å². The van der Waals surface area contributed by atoms with E-state index in [0.717, 1.165) is 35.9 Å². The Morgan fingerprint density at radius 3 is 2.43 bits per heavy atom. The fourth-order valence-corrected chi connectivity index (χ4v) is 3.60. The van der Waals surface area contributed by atoms with Crippen LogP contribution in [-0.4, -0.2) is 22.1 Å². The summed E-state index contributed by atoms with van der Waals surface area (Å²) in [6, 6.07) is 12.9. The first-order valence-electron chi connectivity index (χ1n) is 9.40. The van der Waals surface area contributed by atoms with Gasteiger partial charge in [0, 0.05) is 17.8 Å². The third-order valence-corrected chi connectivity index (χ3v) is 5.01. The fraction of sp³-hybridized carbons (Fsp3) is 0.238. The molecule has 2 aliphatic rings. The number of para-hydroxylation sites is 2. The number of halogens is 4. The molecular formula is C21H16F4N4O. The lowest BCUT2D eigenvalue weighted by molar-refractivity contribution is -0.274. The van der Waals surface area contributed by atoms with Gasteiger partial charge in [0.15, 0.2) is 5.83 Å². The number of imidazole rings is 1. The van der Waals surface area contributed by atoms with Gasteiger partial charge in [0.2, 0.25) is 6.29 Å². The topological polar surface area (TPSA) is 42.6 Å². The Bertz CT molecular complexity index is 1150. The van der Waals surface area contributed by atoms with Crippen LogP contribution in [0.3, 0.4) is 0 Å². The molecule has 1 atom stereocenters. The molecule has 1 aliphatic heterocycles. The van der Waals surface area contributed by atoms with Crippen molar-refractivity contribution in [3.05, 3.63) is 66.4 Å². The van der Waals surface area contributed by atoms with Crippen molar-refractivity contribution in [2.45, 2.75) is 31.4 Å². The second-order valence-corrected chi connectivity index (χ2v) is 7.19. The molecular weight excluding hydrogens is 400 g/mol. The molecule has 30 heavy (non-hydrogen) atoms. The van der Waals surface area contributed by atoms with Crippen molar-refractivity contribution in [2.24, 2.45) is 4.99 Å². The summed E-state index contributed by atoms with van der Waals surface area (Å²) >= 11 is 0. The average Bonchev–Trinajstić information content (AvgIpc) is 3.48. The van der Waals surface area contributed by atoms with E-state index in [1.807, 2.05) is 28.8 Å². The van der Waals surface area contributed by atoms with Crippen LogP contribution >= 0.6 is 0 Å². The van der Waals surface area contributed by atoms with Crippen LogP contribution in [0.25, 0.3) is 11.0 Å². The first kappa shape index (κ1) is 18.7. The quantitative estimate of drug-likeness (QED) is 0.515. The summed E-state index contributed by atoms with van der Waals surface area (Å²) in [6.45, 7) is 0. The molecule has 0 radical (unpaired) electrons. The third kappa shape index (κ3) is 3.51. The Hall–Kier alpha value is -3.36. The van der Waals surface area contributed by atoms with Crippen molar-refractivity contribution in [1.29, 1.82) is 0 Å². The summed E-state index contributed by atoms with van der Waals surface area (Å²) in [5.41, 5.74) is 2.15. The van der Waals surface area contributed by atoms with Crippen LogP contribution in [0.2, 0.25) is 0 Å². The number of aliphatic imine (C=N–C) groups is 1. The van der Waals surface area contributed by atoms with E-state index in [4.69, 9.17) is 4.98 Å². The average molecular weight is 416 g/mol. The molecule has 0 amide bonds. The zero-order chi connectivity index (χ0) is 20.9. The van der Waals surface area contributed by atoms with Crippen LogP contribution in [0.1, 0.15) is 30.9 Å². The van der Waals surface area contributed by atoms with E-state index in [-0.39, 0.29) is 5.75 Å². The number of fused-ring (bicyclic) bond motifs is 1. The zero-order valence-electron chi connectivity index (χ0n) is 15.6. The van der Waals surface area contributed by atoms with Gasteiger partial charge in [-0.15, -0.1) is 13.2 Å². The lowest BCUT2D eigenvalue weighted by atomic mass is 10.2. The Balaban J connectivity index is 1.56. The first-order valence-corrected chi connectivity index (χ1v) is 9.40. The van der Waals surface area contributed by atoms with Gasteiger partial charge in [0.1, 0.15) is 11.6 Å². The van der Waals surface area contributed by atoms with E-state index in [0.29, 0.717) is 11.6 Å². The van der Waals surface area contributed by atoms with E-state index in [1.165, 1.54) is 30.5 Å². The number of ether oxygens (including phenoxy) is 1. The maximum Gasteiger partial charge on any atom is 0.573 e. The minimum atomic E-state index is -4.78. The van der Waals surface area contributed by atoms with Gasteiger partial charge >= 0.3 is 6.36 Å². The Morgan fingerprint density at radius 1 is 1.00 bits per heavy atom.